The van der Waals surface area contributed by atoms with Crippen molar-refractivity contribution in [3.63, 3.8) is 0 Å². The molecule has 1 N–H and O–H groups in total. The Morgan fingerprint density at radius 1 is 1.24 bits per heavy atom. The van der Waals surface area contributed by atoms with E-state index in [1.807, 2.05) is 19.1 Å². The lowest BCUT2D eigenvalue weighted by molar-refractivity contribution is -0.147. The fourth-order valence-electron chi connectivity index (χ4n) is 3.02. The summed E-state index contributed by atoms with van der Waals surface area (Å²) in [6, 6.07) is 7.09. The smallest absolute Gasteiger partial charge is 0.341 e. The molecule has 1 saturated carbocycles. The van der Waals surface area contributed by atoms with E-state index in [0.29, 0.717) is 18.7 Å². The quantitative estimate of drug-likeness (QED) is 0.742. The third-order valence-electron chi connectivity index (χ3n) is 4.39. The minimum atomic E-state index is -1.01. The van der Waals surface area contributed by atoms with Gasteiger partial charge in [-0.2, -0.15) is 0 Å². The van der Waals surface area contributed by atoms with Gasteiger partial charge < -0.3 is 19.5 Å². The van der Waals surface area contributed by atoms with Crippen LogP contribution < -0.4 is 4.74 Å². The molecule has 0 radical (unpaired) electrons. The van der Waals surface area contributed by atoms with Crippen molar-refractivity contribution in [3.05, 3.63) is 29.8 Å². The predicted octanol–water partition coefficient (Wildman–Crippen LogP) is 2.85. The van der Waals surface area contributed by atoms with Gasteiger partial charge in [0.25, 0.3) is 5.91 Å². The van der Waals surface area contributed by atoms with Crippen molar-refractivity contribution in [3.8, 4) is 5.75 Å². The number of likely N-dealkylation sites (N-methyl/N-ethyl adjacent to an activating group) is 1. The molecule has 1 unspecified atom stereocenters. The number of ether oxygens (including phenoxy) is 2. The highest BCUT2D eigenvalue weighted by Crippen LogP contribution is 2.23. The molecule has 25 heavy (non-hydrogen) atoms. The first-order chi connectivity index (χ1) is 12.0. The van der Waals surface area contributed by atoms with Gasteiger partial charge in [0.05, 0.1) is 6.10 Å². The average molecular weight is 349 g/mol. The van der Waals surface area contributed by atoms with E-state index in [9.17, 15) is 9.59 Å². The number of carboxylic acids is 1. The zero-order chi connectivity index (χ0) is 18.2. The predicted molar refractivity (Wildman–Crippen MR) is 93.5 cm³/mol. The SMILES string of the molecule is CCC(OC1CCCC1)C(=O)N(C)Cc1ccc(OCC(=O)O)cc1. The molecule has 0 heterocycles. The first-order valence-corrected chi connectivity index (χ1v) is 8.83. The largest absolute Gasteiger partial charge is 0.482 e. The summed E-state index contributed by atoms with van der Waals surface area (Å²) in [6.45, 7) is 2.08. The van der Waals surface area contributed by atoms with E-state index in [1.165, 1.54) is 12.8 Å². The number of hydrogen-bond donors (Lipinski definition) is 1. The molecule has 1 amide bonds. The minimum Gasteiger partial charge on any atom is -0.482 e. The summed E-state index contributed by atoms with van der Waals surface area (Å²) in [5.74, 6) is -0.515. The summed E-state index contributed by atoms with van der Waals surface area (Å²) >= 11 is 0. The standard InChI is InChI=1S/C19H27NO5/c1-3-17(25-16-6-4-5-7-16)19(23)20(2)12-14-8-10-15(11-9-14)24-13-18(21)22/h8-11,16-17H,3-7,12-13H2,1-2H3,(H,21,22). The third kappa shape index (κ3) is 6.05. The molecule has 1 fully saturated rings. The maximum Gasteiger partial charge on any atom is 0.341 e. The minimum absolute atomic E-state index is 0.000559. The second kappa shape index (κ2) is 9.42. The van der Waals surface area contributed by atoms with Crippen LogP contribution >= 0.6 is 0 Å². The van der Waals surface area contributed by atoms with Crippen molar-refractivity contribution in [2.45, 2.75) is 57.8 Å². The molecule has 1 aliphatic rings. The van der Waals surface area contributed by atoms with Gasteiger partial charge in [-0.3, -0.25) is 4.79 Å². The van der Waals surface area contributed by atoms with Crippen LogP contribution in [0.2, 0.25) is 0 Å². The highest BCUT2D eigenvalue weighted by Gasteiger charge is 2.26. The molecule has 1 aliphatic carbocycles. The Morgan fingerprint density at radius 3 is 2.44 bits per heavy atom. The molecule has 1 atom stereocenters. The van der Waals surface area contributed by atoms with Crippen molar-refractivity contribution in [1.82, 2.24) is 4.90 Å². The number of amides is 1. The van der Waals surface area contributed by atoms with Crippen molar-refractivity contribution in [2.24, 2.45) is 0 Å². The van der Waals surface area contributed by atoms with Crippen LogP contribution in [0.5, 0.6) is 5.75 Å². The van der Waals surface area contributed by atoms with Gasteiger partial charge in [0, 0.05) is 13.6 Å². The van der Waals surface area contributed by atoms with Gasteiger partial charge in [0.2, 0.25) is 0 Å². The molecule has 0 aromatic heterocycles. The van der Waals surface area contributed by atoms with Crippen LogP contribution in [0.25, 0.3) is 0 Å². The Morgan fingerprint density at radius 2 is 1.88 bits per heavy atom. The van der Waals surface area contributed by atoms with Crippen LogP contribution in [-0.4, -0.2) is 47.7 Å². The molecular formula is C19H27NO5. The zero-order valence-corrected chi connectivity index (χ0v) is 14.9. The fourth-order valence-corrected chi connectivity index (χ4v) is 3.02. The molecule has 1 aromatic carbocycles. The van der Waals surface area contributed by atoms with Gasteiger partial charge in [-0.15, -0.1) is 0 Å². The third-order valence-corrected chi connectivity index (χ3v) is 4.39. The molecule has 0 spiro atoms. The summed E-state index contributed by atoms with van der Waals surface area (Å²) in [7, 11) is 1.78. The molecule has 6 nitrogen and oxygen atoms in total. The maximum atomic E-state index is 12.6. The normalized spacial score (nSPS) is 15.8. The Kier molecular flexibility index (Phi) is 7.25. The maximum absolute atomic E-state index is 12.6. The van der Waals surface area contributed by atoms with Crippen LogP contribution in [0, 0.1) is 0 Å². The fraction of sp³-hybridized carbons (Fsp3) is 0.579. The van der Waals surface area contributed by atoms with Gasteiger partial charge in [-0.05, 0) is 37.0 Å². The second-order valence-corrected chi connectivity index (χ2v) is 6.46. The molecule has 138 valence electrons. The Hall–Kier alpha value is -2.08. The molecule has 6 heteroatoms. The topological polar surface area (TPSA) is 76.1 Å². The van der Waals surface area contributed by atoms with E-state index >= 15 is 0 Å². The highest BCUT2D eigenvalue weighted by atomic mass is 16.5. The van der Waals surface area contributed by atoms with E-state index in [0.717, 1.165) is 18.4 Å². The number of carbonyl (C=O) groups is 2. The van der Waals surface area contributed by atoms with Gasteiger partial charge in [-0.1, -0.05) is 31.9 Å². The lowest BCUT2D eigenvalue weighted by atomic mass is 10.1. The van der Waals surface area contributed by atoms with E-state index in [4.69, 9.17) is 14.6 Å². The van der Waals surface area contributed by atoms with Crippen LogP contribution in [-0.2, 0) is 20.9 Å². The molecular weight excluding hydrogens is 322 g/mol. The number of carboxylic acid groups (broad SMARTS) is 1. The number of aliphatic carboxylic acids is 1. The first kappa shape index (κ1) is 19.2. The molecule has 2 rings (SSSR count). The van der Waals surface area contributed by atoms with Crippen molar-refractivity contribution < 1.29 is 24.2 Å². The molecule has 0 aliphatic heterocycles. The Bertz CT molecular complexity index is 566. The van der Waals surface area contributed by atoms with Gasteiger partial charge in [0.1, 0.15) is 11.9 Å². The van der Waals surface area contributed by atoms with Crippen molar-refractivity contribution in [2.75, 3.05) is 13.7 Å². The van der Waals surface area contributed by atoms with E-state index < -0.39 is 5.97 Å². The molecule has 1 aromatic rings. The summed E-state index contributed by atoms with van der Waals surface area (Å²) in [5, 5.41) is 8.61. The number of carbonyl (C=O) groups excluding carboxylic acids is 1. The second-order valence-electron chi connectivity index (χ2n) is 6.46. The Labute approximate surface area is 148 Å². The van der Waals surface area contributed by atoms with Gasteiger partial charge >= 0.3 is 5.97 Å². The first-order valence-electron chi connectivity index (χ1n) is 8.83. The summed E-state index contributed by atoms with van der Waals surface area (Å²) < 4.78 is 11.1. The summed E-state index contributed by atoms with van der Waals surface area (Å²) in [4.78, 5) is 24.8. The van der Waals surface area contributed by atoms with Crippen LogP contribution in [0.3, 0.4) is 0 Å². The molecule has 0 saturated heterocycles. The number of nitrogens with zero attached hydrogens (tertiary/aromatic N) is 1. The van der Waals surface area contributed by atoms with E-state index in [2.05, 4.69) is 0 Å². The lowest BCUT2D eigenvalue weighted by Crippen LogP contribution is -2.39. The number of rotatable bonds is 9. The average Bonchev–Trinajstić information content (AvgIpc) is 3.11. The van der Waals surface area contributed by atoms with Gasteiger partial charge in [0.15, 0.2) is 6.61 Å². The zero-order valence-electron chi connectivity index (χ0n) is 14.9. The Balaban J connectivity index is 1.87. The summed E-state index contributed by atoms with van der Waals surface area (Å²) in [5.41, 5.74) is 0.953. The van der Waals surface area contributed by atoms with Crippen LogP contribution in [0.1, 0.15) is 44.6 Å². The highest BCUT2D eigenvalue weighted by molar-refractivity contribution is 5.80. The van der Waals surface area contributed by atoms with Crippen LogP contribution in [0.4, 0.5) is 0 Å². The van der Waals surface area contributed by atoms with Crippen molar-refractivity contribution >= 4 is 11.9 Å². The van der Waals surface area contributed by atoms with E-state index in [1.54, 1.807) is 24.1 Å². The number of hydrogen-bond acceptors (Lipinski definition) is 4. The monoisotopic (exact) mass is 349 g/mol. The number of benzene rings is 1. The van der Waals surface area contributed by atoms with Gasteiger partial charge in [-0.25, -0.2) is 4.79 Å². The summed E-state index contributed by atoms with van der Waals surface area (Å²) in [6.07, 6.45) is 4.96. The lowest BCUT2D eigenvalue weighted by Gasteiger charge is -2.25. The van der Waals surface area contributed by atoms with Crippen molar-refractivity contribution in [1.29, 1.82) is 0 Å². The van der Waals surface area contributed by atoms with E-state index in [-0.39, 0.29) is 24.7 Å². The molecule has 0 bridgehead atoms. The van der Waals surface area contributed by atoms with Crippen LogP contribution in [0.15, 0.2) is 24.3 Å².